The molecule has 6 aromatic rings. The Hall–Kier alpha value is -5.41. The second-order valence-electron chi connectivity index (χ2n) is 12.7. The Morgan fingerprint density at radius 3 is 2.22 bits per heavy atom. The van der Waals surface area contributed by atoms with Gasteiger partial charge in [0.05, 0.1) is 22.8 Å². The maximum absolute atomic E-state index is 4.89. The van der Waals surface area contributed by atoms with E-state index >= 15 is 0 Å². The molecule has 4 aliphatic rings. The Balaban J connectivity index is 1.07. The lowest BCUT2D eigenvalue weighted by Gasteiger charge is -2.38. The second-order valence-corrected chi connectivity index (χ2v) is 12.7. The van der Waals surface area contributed by atoms with Crippen LogP contribution in [0.3, 0.4) is 0 Å². The van der Waals surface area contributed by atoms with Gasteiger partial charge in [-0.15, -0.1) is 0 Å². The molecule has 0 fully saturated rings. The molecule has 10 rings (SSSR count). The molecular weight excluding hydrogens is 546 g/mol. The summed E-state index contributed by atoms with van der Waals surface area (Å²) in [4.78, 5) is 7.39. The van der Waals surface area contributed by atoms with Crippen molar-refractivity contribution in [2.24, 2.45) is 0 Å². The van der Waals surface area contributed by atoms with Crippen molar-refractivity contribution in [3.8, 4) is 33.5 Å². The number of benzene rings is 5. The van der Waals surface area contributed by atoms with E-state index in [1.165, 1.54) is 55.9 Å². The first-order chi connectivity index (χ1) is 22.3. The van der Waals surface area contributed by atoms with Crippen LogP contribution in [0, 0.1) is 0 Å². The number of anilines is 3. The number of rotatable bonds is 2. The number of nitrogens with one attached hydrogen (secondary N) is 1. The molecule has 3 heterocycles. The number of allylic oxidation sites excluding steroid dienone is 2. The lowest BCUT2D eigenvalue weighted by atomic mass is 9.65. The molecule has 0 saturated heterocycles. The van der Waals surface area contributed by atoms with Crippen LogP contribution in [0.2, 0.25) is 0 Å². The molecule has 4 atom stereocenters. The van der Waals surface area contributed by atoms with E-state index in [-0.39, 0.29) is 6.17 Å². The van der Waals surface area contributed by atoms with Crippen LogP contribution in [-0.2, 0) is 0 Å². The minimum Gasteiger partial charge on any atom is -0.359 e. The van der Waals surface area contributed by atoms with E-state index in [9.17, 15) is 0 Å². The summed E-state index contributed by atoms with van der Waals surface area (Å²) >= 11 is 0. The average Bonchev–Trinajstić information content (AvgIpc) is 3.46. The number of para-hydroxylation sites is 2. The van der Waals surface area contributed by atoms with Gasteiger partial charge in [0.25, 0.3) is 0 Å². The lowest BCUT2D eigenvalue weighted by molar-refractivity contribution is 0.510. The van der Waals surface area contributed by atoms with Crippen molar-refractivity contribution in [2.45, 2.75) is 30.3 Å². The highest BCUT2D eigenvalue weighted by Gasteiger charge is 2.39. The minimum absolute atomic E-state index is 0.0286. The van der Waals surface area contributed by atoms with Gasteiger partial charge < -0.3 is 10.2 Å². The van der Waals surface area contributed by atoms with Crippen LogP contribution < -0.4 is 10.2 Å². The highest BCUT2D eigenvalue weighted by Crippen LogP contribution is 2.57. The topological polar surface area (TPSA) is 28.2 Å². The van der Waals surface area contributed by atoms with Gasteiger partial charge in [0.1, 0.15) is 6.17 Å². The molecular formula is C42H31N3. The second kappa shape index (κ2) is 9.54. The van der Waals surface area contributed by atoms with Gasteiger partial charge in [-0.2, -0.15) is 0 Å². The predicted octanol–water partition coefficient (Wildman–Crippen LogP) is 10.6. The molecule has 0 spiro atoms. The average molecular weight is 578 g/mol. The maximum atomic E-state index is 4.89. The Morgan fingerprint density at radius 1 is 0.600 bits per heavy atom. The Bertz CT molecular complexity index is 2180. The van der Waals surface area contributed by atoms with Crippen molar-refractivity contribution in [1.29, 1.82) is 0 Å². The molecule has 0 bridgehead atoms. The van der Waals surface area contributed by atoms with E-state index in [1.807, 2.05) is 12.3 Å². The number of hydrogen-bond donors (Lipinski definition) is 1. The SMILES string of the molecule is C1=CC2c3ccccc3-c3ccccc3C2CC1c1cccc(C2Nc3cccc4c3N2c2ccccc2-c2ncccc2-4)c1. The lowest BCUT2D eigenvalue weighted by Crippen LogP contribution is -2.24. The standard InChI is InChI=1S/C42H31N3/c1-2-14-31-29(12-1)30-13-3-4-15-32(30)37-25-27(21-22-33(31)37)26-10-7-11-28(24-26)42-44-38-19-8-17-35-34-18-9-23-43-40(34)36-16-5-6-20-39(36)45(42)41(35)38/h1-24,27,33,37,42,44H,25H2. The smallest absolute Gasteiger partial charge is 0.130 e. The summed E-state index contributed by atoms with van der Waals surface area (Å²) in [5, 5.41) is 3.92. The molecule has 0 saturated carbocycles. The van der Waals surface area contributed by atoms with E-state index in [0.717, 1.165) is 23.4 Å². The Kier molecular flexibility index (Phi) is 5.30. The molecule has 3 nitrogen and oxygen atoms in total. The molecule has 2 aliphatic carbocycles. The zero-order valence-electron chi connectivity index (χ0n) is 24.8. The molecule has 0 amide bonds. The number of hydrogen-bond acceptors (Lipinski definition) is 3. The third-order valence-corrected chi connectivity index (χ3v) is 10.5. The highest BCUT2D eigenvalue weighted by atomic mass is 15.3. The molecule has 1 N–H and O–H groups in total. The summed E-state index contributed by atoms with van der Waals surface area (Å²) < 4.78 is 0. The Morgan fingerprint density at radius 2 is 1.31 bits per heavy atom. The van der Waals surface area contributed by atoms with E-state index in [0.29, 0.717) is 17.8 Å². The summed E-state index contributed by atoms with van der Waals surface area (Å²) in [5.74, 6) is 1.24. The van der Waals surface area contributed by atoms with Gasteiger partial charge in [0.15, 0.2) is 0 Å². The van der Waals surface area contributed by atoms with Gasteiger partial charge in [-0.3, -0.25) is 4.98 Å². The fourth-order valence-electron chi connectivity index (χ4n) is 8.52. The van der Waals surface area contributed by atoms with Crippen molar-refractivity contribution in [1.82, 2.24) is 4.98 Å². The van der Waals surface area contributed by atoms with Gasteiger partial charge in [0, 0.05) is 34.7 Å². The minimum atomic E-state index is -0.0286. The van der Waals surface area contributed by atoms with E-state index < -0.39 is 0 Å². The number of nitrogens with zero attached hydrogens (tertiary/aromatic N) is 2. The Labute approximate surface area is 263 Å². The summed E-state index contributed by atoms with van der Waals surface area (Å²) in [7, 11) is 0. The van der Waals surface area contributed by atoms with Gasteiger partial charge in [-0.25, -0.2) is 0 Å². The van der Waals surface area contributed by atoms with E-state index in [1.54, 1.807) is 0 Å². The number of aromatic nitrogens is 1. The molecule has 3 heteroatoms. The first-order valence-corrected chi connectivity index (χ1v) is 16.0. The van der Waals surface area contributed by atoms with E-state index in [2.05, 4.69) is 144 Å². The third-order valence-electron chi connectivity index (χ3n) is 10.5. The molecule has 214 valence electrons. The van der Waals surface area contributed by atoms with Crippen LogP contribution in [0.1, 0.15) is 52.6 Å². The largest absolute Gasteiger partial charge is 0.359 e. The van der Waals surface area contributed by atoms with Crippen molar-refractivity contribution < 1.29 is 0 Å². The zero-order chi connectivity index (χ0) is 29.5. The molecule has 2 aliphatic heterocycles. The van der Waals surface area contributed by atoms with Crippen molar-refractivity contribution in [3.63, 3.8) is 0 Å². The maximum Gasteiger partial charge on any atom is 0.130 e. The van der Waals surface area contributed by atoms with Crippen molar-refractivity contribution in [3.05, 3.63) is 168 Å². The van der Waals surface area contributed by atoms with Crippen LogP contribution in [-0.4, -0.2) is 4.98 Å². The third kappa shape index (κ3) is 3.61. The van der Waals surface area contributed by atoms with E-state index in [4.69, 9.17) is 4.98 Å². The molecule has 1 aromatic heterocycles. The first-order valence-electron chi connectivity index (χ1n) is 16.0. The van der Waals surface area contributed by atoms with Crippen molar-refractivity contribution in [2.75, 3.05) is 10.2 Å². The van der Waals surface area contributed by atoms with Gasteiger partial charge in [0.2, 0.25) is 0 Å². The quantitative estimate of drug-likeness (QED) is 0.208. The predicted molar refractivity (Wildman–Crippen MR) is 184 cm³/mol. The summed E-state index contributed by atoms with van der Waals surface area (Å²) in [6, 6.07) is 46.9. The van der Waals surface area contributed by atoms with Crippen LogP contribution in [0.15, 0.2) is 146 Å². The molecule has 4 unspecified atom stereocenters. The highest BCUT2D eigenvalue weighted by molar-refractivity contribution is 6.04. The number of pyridine rings is 1. The monoisotopic (exact) mass is 577 g/mol. The van der Waals surface area contributed by atoms with Crippen LogP contribution in [0.5, 0.6) is 0 Å². The van der Waals surface area contributed by atoms with Gasteiger partial charge in [-0.1, -0.05) is 121 Å². The van der Waals surface area contributed by atoms with Crippen LogP contribution in [0.4, 0.5) is 17.1 Å². The summed E-state index contributed by atoms with van der Waals surface area (Å²) in [6.45, 7) is 0. The fraction of sp³-hybridized carbons (Fsp3) is 0.119. The zero-order valence-corrected chi connectivity index (χ0v) is 24.8. The van der Waals surface area contributed by atoms with Crippen molar-refractivity contribution >= 4 is 17.1 Å². The van der Waals surface area contributed by atoms with Crippen LogP contribution in [0.25, 0.3) is 33.5 Å². The summed E-state index contributed by atoms with van der Waals surface area (Å²) in [6.07, 6.45) is 7.95. The van der Waals surface area contributed by atoms with Gasteiger partial charge >= 0.3 is 0 Å². The normalized spacial score (nSPS) is 21.3. The fourth-order valence-corrected chi connectivity index (χ4v) is 8.52. The number of fused-ring (bicyclic) bond motifs is 11. The molecule has 45 heavy (non-hydrogen) atoms. The molecule has 5 aromatic carbocycles. The molecule has 0 radical (unpaired) electrons. The summed E-state index contributed by atoms with van der Waals surface area (Å²) in [5.41, 5.74) is 16.6. The van der Waals surface area contributed by atoms with Crippen LogP contribution >= 0.6 is 0 Å². The van der Waals surface area contributed by atoms with Gasteiger partial charge in [-0.05, 0) is 63.9 Å². The first kappa shape index (κ1) is 25.0.